The zero-order valence-electron chi connectivity index (χ0n) is 8.25. The van der Waals surface area contributed by atoms with E-state index in [1.807, 2.05) is 0 Å². The summed E-state index contributed by atoms with van der Waals surface area (Å²) < 4.78 is 0. The number of nitrogens with two attached hydrogens (primary N) is 2. The third kappa shape index (κ3) is 1.16. The summed E-state index contributed by atoms with van der Waals surface area (Å²) in [5, 5.41) is 32.7. The molecule has 10 N–H and O–H groups in total. The smallest absolute Gasteiger partial charge is 0.180 e. The Morgan fingerprint density at radius 1 is 1.06 bits per heavy atom. The molecule has 4 atom stereocenters. The normalized spacial score (nSPS) is 42.4. The van der Waals surface area contributed by atoms with Gasteiger partial charge in [-0.15, -0.1) is 5.06 Å². The van der Waals surface area contributed by atoms with Crippen LogP contribution in [0.3, 0.4) is 0 Å². The van der Waals surface area contributed by atoms with Crippen molar-refractivity contribution in [3.05, 3.63) is 11.6 Å². The minimum atomic E-state index is -0.718. The maximum atomic E-state index is 9.63. The van der Waals surface area contributed by atoms with Crippen LogP contribution in [0.15, 0.2) is 11.6 Å². The molecule has 10 nitrogen and oxygen atoms in total. The zero-order valence-corrected chi connectivity index (χ0v) is 8.25. The van der Waals surface area contributed by atoms with Crippen LogP contribution in [0, 0.1) is 0 Å². The van der Waals surface area contributed by atoms with Gasteiger partial charge in [0.1, 0.15) is 24.4 Å². The van der Waals surface area contributed by atoms with Gasteiger partial charge in [-0.25, -0.2) is 5.06 Å². The summed E-state index contributed by atoms with van der Waals surface area (Å²) >= 11 is 0. The van der Waals surface area contributed by atoms with Gasteiger partial charge < -0.3 is 26.9 Å². The Bertz CT molecular complexity index is 347. The fourth-order valence-electron chi connectivity index (χ4n) is 2.02. The maximum Gasteiger partial charge on any atom is 0.180 e. The first-order valence-electron chi connectivity index (χ1n) is 4.84. The zero-order chi connectivity index (χ0) is 11.4. The molecule has 3 aliphatic heterocycles. The van der Waals surface area contributed by atoms with Crippen molar-refractivity contribution in [3.63, 3.8) is 0 Å². The predicted molar refractivity (Wildman–Crippen MR) is 50.3 cm³/mol. The predicted octanol–water partition coefficient (Wildman–Crippen LogP) is -3.97. The summed E-state index contributed by atoms with van der Waals surface area (Å²) in [6.45, 7) is 0. The van der Waals surface area contributed by atoms with Crippen LogP contribution in [0.25, 0.3) is 0 Å². The van der Waals surface area contributed by atoms with Crippen molar-refractivity contribution in [2.24, 2.45) is 11.5 Å². The largest absolute Gasteiger partial charge is 0.350 e. The molecule has 3 rings (SSSR count). The van der Waals surface area contributed by atoms with Gasteiger partial charge in [-0.3, -0.25) is 16.3 Å². The molecule has 1 fully saturated rings. The van der Waals surface area contributed by atoms with Crippen LogP contribution < -0.4 is 32.7 Å². The van der Waals surface area contributed by atoms with Crippen molar-refractivity contribution in [1.29, 1.82) is 0 Å². The molecular formula is C6H14N8O2. The molecule has 0 aliphatic carbocycles. The van der Waals surface area contributed by atoms with E-state index >= 15 is 0 Å². The average molecular weight is 230 g/mol. The van der Waals surface area contributed by atoms with E-state index in [-0.39, 0.29) is 6.17 Å². The second-order valence-corrected chi connectivity index (χ2v) is 3.86. The second kappa shape index (κ2) is 3.10. The summed E-state index contributed by atoms with van der Waals surface area (Å²) in [6, 6.07) is 0. The summed E-state index contributed by atoms with van der Waals surface area (Å²) in [5.74, 6) is 0.940. The van der Waals surface area contributed by atoms with E-state index in [0.29, 0.717) is 11.6 Å². The van der Waals surface area contributed by atoms with Crippen LogP contribution in [0.1, 0.15) is 0 Å². The molecule has 3 aliphatic rings. The standard InChI is InChI=1S/C6H14N8O2/c7-5-10-1-3(13(5)15)12-4-2(9-1)11-6(8)14(4)16/h1,3,5-6,9-12,15-16H,7-8H2. The number of rotatable bonds is 0. The second-order valence-electron chi connectivity index (χ2n) is 3.86. The summed E-state index contributed by atoms with van der Waals surface area (Å²) in [4.78, 5) is 0. The van der Waals surface area contributed by atoms with Gasteiger partial charge in [0.05, 0.1) is 0 Å². The first-order chi connectivity index (χ1) is 7.58. The minimum absolute atomic E-state index is 0.273. The highest BCUT2D eigenvalue weighted by atomic mass is 16.5. The van der Waals surface area contributed by atoms with Gasteiger partial charge in [0.15, 0.2) is 12.1 Å². The molecule has 0 saturated carbocycles. The molecule has 0 aromatic rings. The SMILES string of the molecule is NC1NC2=C(NC3C(N2)NC(N)N3O)N1O. The fourth-order valence-corrected chi connectivity index (χ4v) is 2.02. The number of nitrogens with zero attached hydrogens (tertiary/aromatic N) is 2. The molecule has 3 heterocycles. The number of fused-ring (bicyclic) bond motifs is 1. The third-order valence-corrected chi connectivity index (χ3v) is 2.84. The third-order valence-electron chi connectivity index (χ3n) is 2.84. The molecule has 0 bridgehead atoms. The molecule has 0 spiro atoms. The topological polar surface area (TPSA) is 147 Å². The van der Waals surface area contributed by atoms with E-state index in [2.05, 4.69) is 21.3 Å². The fraction of sp³-hybridized carbons (Fsp3) is 0.667. The highest BCUT2D eigenvalue weighted by molar-refractivity contribution is 5.20. The van der Waals surface area contributed by atoms with Crippen molar-refractivity contribution in [2.75, 3.05) is 0 Å². The van der Waals surface area contributed by atoms with Crippen molar-refractivity contribution >= 4 is 0 Å². The van der Waals surface area contributed by atoms with Gasteiger partial charge in [-0.05, 0) is 0 Å². The Morgan fingerprint density at radius 2 is 1.81 bits per heavy atom. The van der Waals surface area contributed by atoms with E-state index in [1.165, 1.54) is 0 Å². The molecule has 0 radical (unpaired) electrons. The summed E-state index contributed by atoms with van der Waals surface area (Å²) in [6.07, 6.45) is -2.14. The van der Waals surface area contributed by atoms with Crippen molar-refractivity contribution in [1.82, 2.24) is 31.4 Å². The average Bonchev–Trinajstić information content (AvgIpc) is 2.66. The van der Waals surface area contributed by atoms with E-state index in [0.717, 1.165) is 10.1 Å². The monoisotopic (exact) mass is 230 g/mol. The lowest BCUT2D eigenvalue weighted by Crippen LogP contribution is -2.58. The molecule has 90 valence electrons. The van der Waals surface area contributed by atoms with Crippen LogP contribution in [0.2, 0.25) is 0 Å². The highest BCUT2D eigenvalue weighted by Gasteiger charge is 2.45. The van der Waals surface area contributed by atoms with Gasteiger partial charge in [0, 0.05) is 0 Å². The van der Waals surface area contributed by atoms with Gasteiger partial charge >= 0.3 is 0 Å². The first kappa shape index (κ1) is 9.89. The van der Waals surface area contributed by atoms with Crippen molar-refractivity contribution < 1.29 is 10.4 Å². The molecule has 1 saturated heterocycles. The minimum Gasteiger partial charge on any atom is -0.350 e. The molecular weight excluding hydrogens is 216 g/mol. The molecule has 0 aromatic carbocycles. The quantitative estimate of drug-likeness (QED) is 0.207. The Balaban J connectivity index is 1.84. The van der Waals surface area contributed by atoms with Gasteiger partial charge in [0.25, 0.3) is 0 Å². The molecule has 16 heavy (non-hydrogen) atoms. The highest BCUT2D eigenvalue weighted by Crippen LogP contribution is 2.21. The Labute approximate surface area is 90.8 Å². The van der Waals surface area contributed by atoms with E-state index in [4.69, 9.17) is 11.5 Å². The van der Waals surface area contributed by atoms with Crippen LogP contribution >= 0.6 is 0 Å². The lowest BCUT2D eigenvalue weighted by molar-refractivity contribution is -0.151. The lowest BCUT2D eigenvalue weighted by Gasteiger charge is -2.31. The number of hydrogen-bond donors (Lipinski definition) is 8. The molecule has 0 amide bonds. The number of hydrogen-bond acceptors (Lipinski definition) is 10. The van der Waals surface area contributed by atoms with Gasteiger partial charge in [0.2, 0.25) is 0 Å². The van der Waals surface area contributed by atoms with Crippen molar-refractivity contribution in [3.8, 4) is 0 Å². The maximum absolute atomic E-state index is 9.63. The number of hydroxylamine groups is 4. The molecule has 0 aromatic heterocycles. The van der Waals surface area contributed by atoms with E-state index < -0.39 is 18.7 Å². The van der Waals surface area contributed by atoms with Crippen LogP contribution in [-0.4, -0.2) is 45.5 Å². The molecule has 10 heteroatoms. The van der Waals surface area contributed by atoms with Gasteiger partial charge in [-0.1, -0.05) is 0 Å². The van der Waals surface area contributed by atoms with E-state index in [1.54, 1.807) is 0 Å². The first-order valence-corrected chi connectivity index (χ1v) is 4.84. The Hall–Kier alpha value is -1.30. The Kier molecular flexibility index (Phi) is 1.92. The van der Waals surface area contributed by atoms with Crippen LogP contribution in [-0.2, 0) is 0 Å². The van der Waals surface area contributed by atoms with Crippen LogP contribution in [0.5, 0.6) is 0 Å². The molecule has 4 unspecified atom stereocenters. The van der Waals surface area contributed by atoms with Gasteiger partial charge in [-0.2, -0.15) is 0 Å². The van der Waals surface area contributed by atoms with Crippen LogP contribution in [0.4, 0.5) is 0 Å². The summed E-state index contributed by atoms with van der Waals surface area (Å²) in [5.41, 5.74) is 11.2. The van der Waals surface area contributed by atoms with Crippen molar-refractivity contribution in [2.45, 2.75) is 24.9 Å². The summed E-state index contributed by atoms with van der Waals surface area (Å²) in [7, 11) is 0. The van der Waals surface area contributed by atoms with E-state index in [9.17, 15) is 10.4 Å². The lowest BCUT2D eigenvalue weighted by atomic mass is 10.3. The Morgan fingerprint density at radius 3 is 2.56 bits per heavy atom. The number of nitrogens with one attached hydrogen (secondary N) is 4.